The van der Waals surface area contributed by atoms with Crippen molar-refractivity contribution >= 4 is 27.8 Å². The maximum absolute atomic E-state index is 5.87. The third-order valence-electron chi connectivity index (χ3n) is 15.4. The average Bonchev–Trinajstić information content (AvgIpc) is 3.76. The number of terminal acetylenes is 1. The summed E-state index contributed by atoms with van der Waals surface area (Å²) in [4.78, 5) is 2.38. The lowest BCUT2D eigenvalue weighted by Crippen LogP contribution is -2.29. The molecule has 1 nitrogen and oxygen atoms in total. The van der Waals surface area contributed by atoms with E-state index in [0.29, 0.717) is 11.8 Å². The number of allylic oxidation sites excluding steroid dienone is 8. The van der Waals surface area contributed by atoms with Gasteiger partial charge in [-0.1, -0.05) is 225 Å². The molecule has 2 aliphatic carbocycles. The highest BCUT2D eigenvalue weighted by atomic mass is 15.1. The van der Waals surface area contributed by atoms with Gasteiger partial charge in [0.15, 0.2) is 0 Å². The zero-order valence-corrected chi connectivity index (χ0v) is 41.7. The zero-order valence-electron chi connectivity index (χ0n) is 41.7. The molecule has 0 spiro atoms. The van der Waals surface area contributed by atoms with Gasteiger partial charge in [-0.2, -0.15) is 0 Å². The van der Waals surface area contributed by atoms with Crippen LogP contribution in [-0.4, -0.2) is 0 Å². The van der Waals surface area contributed by atoms with Crippen LogP contribution in [0, 0.1) is 18.3 Å². The van der Waals surface area contributed by atoms with Crippen molar-refractivity contribution < 1.29 is 0 Å². The summed E-state index contributed by atoms with van der Waals surface area (Å²) in [5.41, 5.74) is 20.9. The van der Waals surface area contributed by atoms with E-state index in [4.69, 9.17) is 6.42 Å². The summed E-state index contributed by atoms with van der Waals surface area (Å²) >= 11 is 0. The summed E-state index contributed by atoms with van der Waals surface area (Å²) in [6, 6.07) is 87.0. The maximum Gasteiger partial charge on any atom is 0.0710 e. The van der Waals surface area contributed by atoms with Gasteiger partial charge >= 0.3 is 0 Å². The second-order valence-electron chi connectivity index (χ2n) is 19.5. The van der Waals surface area contributed by atoms with E-state index in [2.05, 4.69) is 298 Å². The average molecular weight is 946 g/mol. The predicted octanol–water partition coefficient (Wildman–Crippen LogP) is 19.3. The molecule has 3 atom stereocenters. The minimum absolute atomic E-state index is 0.323. The lowest BCUT2D eigenvalue weighted by molar-refractivity contribution is 0.636. The summed E-state index contributed by atoms with van der Waals surface area (Å²) in [6.45, 7) is 4.43. The van der Waals surface area contributed by atoms with Crippen molar-refractivity contribution in [1.82, 2.24) is 0 Å². The van der Waals surface area contributed by atoms with Crippen LogP contribution in [0.15, 0.2) is 285 Å². The molecule has 0 saturated carbocycles. The SMILES string of the molecule is C#C/C=C\C(=C/C)C1(c2ccccc2)c2ccccc2-c2ccc(-c3ccc(N(c4ccc(-c5cccc(-c6ccc7ccccc7c6)c5)cc4)c4ccc(-c5ccccc5C5C=CC=CC5C)cc4)cc3)cc21. The van der Waals surface area contributed by atoms with Gasteiger partial charge in [-0.05, 0) is 174 Å². The molecule has 2 aliphatic rings. The lowest BCUT2D eigenvalue weighted by Gasteiger charge is -2.35. The fourth-order valence-corrected chi connectivity index (χ4v) is 11.8. The molecule has 0 saturated heterocycles. The van der Waals surface area contributed by atoms with Crippen LogP contribution < -0.4 is 4.90 Å². The van der Waals surface area contributed by atoms with E-state index in [-0.39, 0.29) is 0 Å². The van der Waals surface area contributed by atoms with Gasteiger partial charge in [0.1, 0.15) is 0 Å². The Kier molecular flexibility index (Phi) is 12.3. The summed E-state index contributed by atoms with van der Waals surface area (Å²) in [5.74, 6) is 3.51. The van der Waals surface area contributed by atoms with Gasteiger partial charge in [-0.15, -0.1) is 6.42 Å². The smallest absolute Gasteiger partial charge is 0.0710 e. The fourth-order valence-electron chi connectivity index (χ4n) is 11.8. The molecule has 0 aliphatic heterocycles. The molecule has 0 bridgehead atoms. The third kappa shape index (κ3) is 8.22. The second-order valence-corrected chi connectivity index (χ2v) is 19.5. The Labute approximate surface area is 436 Å². The van der Waals surface area contributed by atoms with E-state index in [0.717, 1.165) is 33.8 Å². The van der Waals surface area contributed by atoms with Crippen LogP contribution in [0.4, 0.5) is 17.1 Å². The first-order valence-corrected chi connectivity index (χ1v) is 25.8. The monoisotopic (exact) mass is 945 g/mol. The summed E-state index contributed by atoms with van der Waals surface area (Å²) in [7, 11) is 0. The first-order chi connectivity index (χ1) is 36.5. The van der Waals surface area contributed by atoms with Crippen molar-refractivity contribution in [3.8, 4) is 68.0 Å². The molecule has 74 heavy (non-hydrogen) atoms. The van der Waals surface area contributed by atoms with E-state index in [1.54, 1.807) is 0 Å². The van der Waals surface area contributed by atoms with Crippen LogP contribution in [0.5, 0.6) is 0 Å². The van der Waals surface area contributed by atoms with Gasteiger partial charge in [0.25, 0.3) is 0 Å². The largest absolute Gasteiger partial charge is 0.311 e. The Hall–Kier alpha value is -9.22. The molecule has 0 fully saturated rings. The molecular formula is C73H55N. The predicted molar refractivity (Wildman–Crippen MR) is 314 cm³/mol. The molecule has 0 heterocycles. The Morgan fingerprint density at radius 2 is 1.00 bits per heavy atom. The fraction of sp³-hybridized carbons (Fsp3) is 0.0685. The van der Waals surface area contributed by atoms with Crippen molar-refractivity contribution in [3.63, 3.8) is 0 Å². The van der Waals surface area contributed by atoms with Crippen LogP contribution in [0.1, 0.15) is 42.0 Å². The van der Waals surface area contributed by atoms with Crippen molar-refractivity contribution in [3.05, 3.63) is 307 Å². The molecule has 1 heteroatoms. The number of hydrogen-bond acceptors (Lipinski definition) is 1. The van der Waals surface area contributed by atoms with E-state index < -0.39 is 5.41 Å². The first-order valence-electron chi connectivity index (χ1n) is 25.8. The summed E-state index contributed by atoms with van der Waals surface area (Å²) in [5, 5.41) is 2.49. The minimum Gasteiger partial charge on any atom is -0.311 e. The van der Waals surface area contributed by atoms with Crippen molar-refractivity contribution in [2.45, 2.75) is 25.2 Å². The van der Waals surface area contributed by atoms with Crippen molar-refractivity contribution in [2.75, 3.05) is 4.90 Å². The van der Waals surface area contributed by atoms with Gasteiger partial charge in [0, 0.05) is 23.0 Å². The Bertz CT molecular complexity index is 3860. The highest BCUT2D eigenvalue weighted by molar-refractivity contribution is 5.91. The number of rotatable bonds is 11. The number of fused-ring (bicyclic) bond motifs is 4. The van der Waals surface area contributed by atoms with Crippen LogP contribution >= 0.6 is 0 Å². The highest BCUT2D eigenvalue weighted by Crippen LogP contribution is 2.57. The van der Waals surface area contributed by atoms with E-state index in [9.17, 15) is 0 Å². The Balaban J connectivity index is 0.931. The van der Waals surface area contributed by atoms with Gasteiger partial charge < -0.3 is 4.90 Å². The van der Waals surface area contributed by atoms with Crippen LogP contribution in [0.2, 0.25) is 0 Å². The first kappa shape index (κ1) is 45.9. The Morgan fingerprint density at radius 3 is 1.69 bits per heavy atom. The normalized spacial score (nSPS) is 16.7. The molecule has 10 aromatic rings. The lowest BCUT2D eigenvalue weighted by atomic mass is 9.66. The number of benzene rings is 10. The summed E-state index contributed by atoms with van der Waals surface area (Å²) in [6.07, 6.45) is 21.0. The molecule has 352 valence electrons. The molecule has 10 aromatic carbocycles. The second kappa shape index (κ2) is 19.8. The van der Waals surface area contributed by atoms with Gasteiger partial charge in [0.05, 0.1) is 5.41 Å². The maximum atomic E-state index is 5.87. The van der Waals surface area contributed by atoms with Gasteiger partial charge in [0.2, 0.25) is 0 Å². The molecule has 0 N–H and O–H groups in total. The highest BCUT2D eigenvalue weighted by Gasteiger charge is 2.46. The number of nitrogens with zero attached hydrogens (tertiary/aromatic N) is 1. The van der Waals surface area contributed by atoms with Gasteiger partial charge in [-0.25, -0.2) is 0 Å². The zero-order chi connectivity index (χ0) is 50.0. The number of hydrogen-bond donors (Lipinski definition) is 0. The van der Waals surface area contributed by atoms with Crippen LogP contribution in [-0.2, 0) is 5.41 Å². The third-order valence-corrected chi connectivity index (χ3v) is 15.4. The van der Waals surface area contributed by atoms with E-state index >= 15 is 0 Å². The van der Waals surface area contributed by atoms with E-state index in [1.165, 1.54) is 77.5 Å². The molecule has 0 radical (unpaired) electrons. The Morgan fingerprint density at radius 1 is 0.459 bits per heavy atom. The van der Waals surface area contributed by atoms with Crippen LogP contribution in [0.25, 0.3) is 66.4 Å². The molecule has 3 unspecified atom stereocenters. The van der Waals surface area contributed by atoms with Gasteiger partial charge in [-0.3, -0.25) is 0 Å². The molecule has 0 aromatic heterocycles. The standard InChI is InChI=1S/C73H55N/c1-4-6-24-61(5-2)73(62-25-8-7-9-26-62)71-31-17-16-30-69(71)70-47-40-60(50-72(70)73)54-36-43-64(44-37-54)74(65-45-38-55(39-46-65)67-28-14-15-29-68(67)66-27-13-10-19-51(66)3)63-41-34-53(35-42-63)57-22-18-23-58(48-57)59-33-32-52-20-11-12-21-56(52)49-59/h1,5-51,66H,2-3H3/b24-6-,61-5+. The van der Waals surface area contributed by atoms with Crippen LogP contribution in [0.3, 0.4) is 0 Å². The summed E-state index contributed by atoms with van der Waals surface area (Å²) < 4.78 is 0. The van der Waals surface area contributed by atoms with E-state index in [1.807, 2.05) is 6.08 Å². The molecule has 12 rings (SSSR count). The quantitative estimate of drug-likeness (QED) is 0.0922. The molecule has 0 amide bonds. The van der Waals surface area contributed by atoms with Crippen molar-refractivity contribution in [2.24, 2.45) is 5.92 Å². The molecular weight excluding hydrogens is 891 g/mol. The van der Waals surface area contributed by atoms with Crippen molar-refractivity contribution in [1.29, 1.82) is 0 Å². The minimum atomic E-state index is -0.555. The topological polar surface area (TPSA) is 3.24 Å². The number of anilines is 3.